The van der Waals surface area contributed by atoms with Crippen LogP contribution in [0, 0.1) is 0 Å². The van der Waals surface area contributed by atoms with Crippen molar-refractivity contribution in [2.75, 3.05) is 6.61 Å². The minimum absolute atomic E-state index is 0.474. The Hall–Kier alpha value is -1.95. The largest absolute Gasteiger partial charge is 0.493 e. The summed E-state index contributed by atoms with van der Waals surface area (Å²) < 4.78 is 5.62. The average molecular weight is 245 g/mol. The van der Waals surface area contributed by atoms with Gasteiger partial charge < -0.3 is 10.5 Å². The van der Waals surface area contributed by atoms with Gasteiger partial charge in [-0.1, -0.05) is 18.2 Å². The second-order valence-electron chi connectivity index (χ2n) is 4.62. The van der Waals surface area contributed by atoms with E-state index < -0.39 is 5.54 Å². The summed E-state index contributed by atoms with van der Waals surface area (Å²) in [6, 6.07) is 7.87. The molecule has 0 aliphatic carbocycles. The number of hydrogen-bond donors (Lipinski definition) is 1. The molecule has 2 heterocycles. The lowest BCUT2D eigenvalue weighted by molar-refractivity contribution is 0.213. The van der Waals surface area contributed by atoms with E-state index >= 15 is 0 Å². The van der Waals surface area contributed by atoms with E-state index in [2.05, 4.69) is 15.4 Å². The number of rotatable bonds is 2. The van der Waals surface area contributed by atoms with Crippen LogP contribution in [0.4, 0.5) is 0 Å². The van der Waals surface area contributed by atoms with E-state index in [0.29, 0.717) is 18.9 Å². The van der Waals surface area contributed by atoms with Crippen LogP contribution in [0.25, 0.3) is 0 Å². The van der Waals surface area contributed by atoms with Gasteiger partial charge in [-0.05, 0) is 11.3 Å². The Labute approximate surface area is 105 Å². The molecular formula is C12H15N5O. The first-order chi connectivity index (χ1) is 8.67. The third-order valence-electron chi connectivity index (χ3n) is 3.25. The molecule has 1 unspecified atom stereocenters. The van der Waals surface area contributed by atoms with Gasteiger partial charge >= 0.3 is 0 Å². The molecule has 0 fully saturated rings. The number of aryl methyl sites for hydroxylation is 1. The van der Waals surface area contributed by atoms with Crippen molar-refractivity contribution in [3.63, 3.8) is 0 Å². The van der Waals surface area contributed by atoms with E-state index in [4.69, 9.17) is 10.5 Å². The zero-order chi connectivity index (χ0) is 12.6. The van der Waals surface area contributed by atoms with Crippen LogP contribution in [-0.2, 0) is 19.0 Å². The number of fused-ring (bicyclic) bond motifs is 1. The number of nitrogens with zero attached hydrogens (tertiary/aromatic N) is 4. The Morgan fingerprint density at radius 1 is 1.44 bits per heavy atom. The maximum atomic E-state index is 6.51. The molecule has 6 nitrogen and oxygen atoms in total. The molecule has 0 bridgehead atoms. The molecule has 1 atom stereocenters. The number of para-hydroxylation sites is 1. The molecule has 1 aromatic heterocycles. The van der Waals surface area contributed by atoms with Crippen molar-refractivity contribution in [2.24, 2.45) is 12.8 Å². The van der Waals surface area contributed by atoms with Gasteiger partial charge in [-0.3, -0.25) is 0 Å². The van der Waals surface area contributed by atoms with E-state index in [1.54, 1.807) is 7.05 Å². The number of ether oxygens (including phenoxy) is 1. The third kappa shape index (κ3) is 1.84. The molecule has 2 N–H and O–H groups in total. The van der Waals surface area contributed by atoms with Crippen molar-refractivity contribution in [3.05, 3.63) is 35.7 Å². The van der Waals surface area contributed by atoms with Gasteiger partial charge in [-0.2, -0.15) is 4.80 Å². The normalized spacial score (nSPS) is 22.3. The Bertz CT molecular complexity index is 567. The fourth-order valence-corrected chi connectivity index (χ4v) is 2.34. The second-order valence-corrected chi connectivity index (χ2v) is 4.62. The van der Waals surface area contributed by atoms with Crippen molar-refractivity contribution in [1.82, 2.24) is 20.2 Å². The highest BCUT2D eigenvalue weighted by Gasteiger charge is 2.35. The molecular weight excluding hydrogens is 230 g/mol. The molecule has 6 heteroatoms. The van der Waals surface area contributed by atoms with Crippen molar-refractivity contribution in [1.29, 1.82) is 0 Å². The van der Waals surface area contributed by atoms with Crippen molar-refractivity contribution in [3.8, 4) is 5.75 Å². The van der Waals surface area contributed by atoms with E-state index in [1.807, 2.05) is 24.3 Å². The minimum Gasteiger partial charge on any atom is -0.493 e. The van der Waals surface area contributed by atoms with E-state index in [0.717, 1.165) is 17.7 Å². The molecule has 3 rings (SSSR count). The standard InChI is InChI=1S/C12H15N5O/c1-17-15-11(14-16-17)8-12(13)6-7-18-10-5-3-2-4-9(10)12/h2-5H,6-8,13H2,1H3. The van der Waals surface area contributed by atoms with Crippen molar-refractivity contribution >= 4 is 0 Å². The summed E-state index contributed by atoms with van der Waals surface area (Å²) in [6.07, 6.45) is 1.32. The second kappa shape index (κ2) is 4.06. The Morgan fingerprint density at radius 3 is 3.06 bits per heavy atom. The first kappa shape index (κ1) is 11.2. The maximum Gasteiger partial charge on any atom is 0.176 e. The molecule has 0 spiro atoms. The summed E-state index contributed by atoms with van der Waals surface area (Å²) in [6.45, 7) is 0.619. The topological polar surface area (TPSA) is 78.9 Å². The van der Waals surface area contributed by atoms with Gasteiger partial charge in [-0.25, -0.2) is 0 Å². The van der Waals surface area contributed by atoms with Crippen LogP contribution in [0.2, 0.25) is 0 Å². The molecule has 0 radical (unpaired) electrons. The fourth-order valence-electron chi connectivity index (χ4n) is 2.34. The van der Waals surface area contributed by atoms with Gasteiger partial charge in [0, 0.05) is 18.4 Å². The number of nitrogens with two attached hydrogens (primary N) is 1. The minimum atomic E-state index is -0.474. The lowest BCUT2D eigenvalue weighted by Crippen LogP contribution is -2.43. The molecule has 0 saturated carbocycles. The molecule has 0 amide bonds. The zero-order valence-corrected chi connectivity index (χ0v) is 10.2. The SMILES string of the molecule is Cn1nnc(CC2(N)CCOc3ccccc32)n1. The van der Waals surface area contributed by atoms with Crippen LogP contribution in [0.3, 0.4) is 0 Å². The Balaban J connectivity index is 1.95. The zero-order valence-electron chi connectivity index (χ0n) is 10.2. The molecule has 1 aliphatic heterocycles. The summed E-state index contributed by atoms with van der Waals surface area (Å²) in [4.78, 5) is 1.45. The van der Waals surface area contributed by atoms with E-state index in [-0.39, 0.29) is 0 Å². The van der Waals surface area contributed by atoms with Crippen molar-refractivity contribution in [2.45, 2.75) is 18.4 Å². The summed E-state index contributed by atoms with van der Waals surface area (Å²) >= 11 is 0. The number of benzene rings is 1. The predicted molar refractivity (Wildman–Crippen MR) is 64.9 cm³/mol. The van der Waals surface area contributed by atoms with Crippen LogP contribution in [-0.4, -0.2) is 26.8 Å². The number of hydrogen-bond acceptors (Lipinski definition) is 5. The van der Waals surface area contributed by atoms with Crippen LogP contribution < -0.4 is 10.5 Å². The summed E-state index contributed by atoms with van der Waals surface area (Å²) in [5.74, 6) is 1.52. The third-order valence-corrected chi connectivity index (χ3v) is 3.25. The highest BCUT2D eigenvalue weighted by molar-refractivity contribution is 5.41. The quantitative estimate of drug-likeness (QED) is 0.828. The fraction of sp³-hybridized carbons (Fsp3) is 0.417. The smallest absolute Gasteiger partial charge is 0.176 e. The number of tetrazole rings is 1. The lowest BCUT2D eigenvalue weighted by atomic mass is 9.82. The van der Waals surface area contributed by atoms with Crippen LogP contribution in [0.5, 0.6) is 5.75 Å². The molecule has 2 aromatic rings. The first-order valence-corrected chi connectivity index (χ1v) is 5.91. The molecule has 0 saturated heterocycles. The highest BCUT2D eigenvalue weighted by Crippen LogP contribution is 2.36. The van der Waals surface area contributed by atoms with Crippen LogP contribution in [0.15, 0.2) is 24.3 Å². The molecule has 18 heavy (non-hydrogen) atoms. The molecule has 94 valence electrons. The predicted octanol–water partition coefficient (Wildman–Crippen LogP) is 0.389. The summed E-state index contributed by atoms with van der Waals surface area (Å²) in [7, 11) is 1.75. The van der Waals surface area contributed by atoms with E-state index in [1.165, 1.54) is 4.80 Å². The van der Waals surface area contributed by atoms with Gasteiger partial charge in [0.1, 0.15) is 5.75 Å². The summed E-state index contributed by atoms with van der Waals surface area (Å²) in [5.41, 5.74) is 7.06. The van der Waals surface area contributed by atoms with E-state index in [9.17, 15) is 0 Å². The Morgan fingerprint density at radius 2 is 2.28 bits per heavy atom. The average Bonchev–Trinajstić information content (AvgIpc) is 2.75. The lowest BCUT2D eigenvalue weighted by Gasteiger charge is -2.34. The monoisotopic (exact) mass is 245 g/mol. The van der Waals surface area contributed by atoms with Gasteiger partial charge in [0.25, 0.3) is 0 Å². The van der Waals surface area contributed by atoms with Gasteiger partial charge in [0.15, 0.2) is 5.82 Å². The number of aromatic nitrogens is 4. The maximum absolute atomic E-state index is 6.51. The van der Waals surface area contributed by atoms with Gasteiger partial charge in [0.05, 0.1) is 19.2 Å². The molecule has 1 aliphatic rings. The van der Waals surface area contributed by atoms with Gasteiger partial charge in [0.2, 0.25) is 0 Å². The molecule has 1 aromatic carbocycles. The summed E-state index contributed by atoms with van der Waals surface area (Å²) in [5, 5.41) is 12.0. The highest BCUT2D eigenvalue weighted by atomic mass is 16.5. The van der Waals surface area contributed by atoms with Crippen LogP contribution in [0.1, 0.15) is 17.8 Å². The Kier molecular flexibility index (Phi) is 2.52. The van der Waals surface area contributed by atoms with Gasteiger partial charge in [-0.15, -0.1) is 10.2 Å². The van der Waals surface area contributed by atoms with Crippen LogP contribution >= 0.6 is 0 Å². The first-order valence-electron chi connectivity index (χ1n) is 5.91. The van der Waals surface area contributed by atoms with Crippen molar-refractivity contribution < 1.29 is 4.74 Å².